The van der Waals surface area contributed by atoms with E-state index in [4.69, 9.17) is 9.47 Å². The number of likely N-dealkylation sites (tertiary alicyclic amines) is 1. The fourth-order valence-electron chi connectivity index (χ4n) is 6.12. The Bertz CT molecular complexity index is 1850. The third-order valence-electron chi connectivity index (χ3n) is 8.50. The summed E-state index contributed by atoms with van der Waals surface area (Å²) in [6.07, 6.45) is 1.23. The predicted molar refractivity (Wildman–Crippen MR) is 192 cm³/mol. The zero-order valence-electron chi connectivity index (χ0n) is 28.9. The molecular formula is C38H46N4O5S. The lowest BCUT2D eigenvalue weighted by molar-refractivity contribution is -0.149. The maximum absolute atomic E-state index is 12.5. The summed E-state index contributed by atoms with van der Waals surface area (Å²) >= 11 is 1.61. The minimum Gasteiger partial charge on any atom is -0.466 e. The summed E-state index contributed by atoms with van der Waals surface area (Å²) in [6.45, 7) is 14.2. The molecule has 0 aliphatic carbocycles. The summed E-state index contributed by atoms with van der Waals surface area (Å²) in [5.74, 6) is 5.33. The Morgan fingerprint density at radius 3 is 2.50 bits per heavy atom. The van der Waals surface area contributed by atoms with E-state index in [0.717, 1.165) is 82.4 Å². The smallest absolute Gasteiger partial charge is 0.410 e. The van der Waals surface area contributed by atoms with Crippen LogP contribution in [0.3, 0.4) is 0 Å². The zero-order valence-corrected chi connectivity index (χ0v) is 29.7. The zero-order chi connectivity index (χ0) is 34.4. The van der Waals surface area contributed by atoms with Crippen molar-refractivity contribution in [1.29, 1.82) is 0 Å². The van der Waals surface area contributed by atoms with Gasteiger partial charge in [0.1, 0.15) is 5.60 Å². The standard InChI is InChI=1S/C38H46N4O5S/c1-7-42-32-13-9-26(24-40(6)37(45)47-38(3,4)5)21-31(32)30-12-11-29(23-33(30)42)34-22-27(25-48-34)10-14-35(43)39-17-20-41-18-15-28(16-19-41)36(44)46-8-2/h9,11-13,21-23,25,28H,7-8,15-20,24H2,1-6H3,(H,39,43). The monoisotopic (exact) mass is 670 g/mol. The maximum Gasteiger partial charge on any atom is 0.410 e. The molecule has 4 aromatic rings. The molecule has 0 unspecified atom stereocenters. The molecule has 5 rings (SSSR count). The number of nitrogens with zero attached hydrogens (tertiary/aromatic N) is 3. The number of benzene rings is 2. The third-order valence-corrected chi connectivity index (χ3v) is 9.48. The molecule has 9 nitrogen and oxygen atoms in total. The first kappa shape index (κ1) is 35.0. The molecule has 1 N–H and O–H groups in total. The molecule has 0 radical (unpaired) electrons. The Balaban J connectivity index is 1.21. The van der Waals surface area contributed by atoms with Gasteiger partial charge in [-0.05, 0) is 95.9 Å². The number of carbonyl (C=O) groups is 3. The number of piperidine rings is 1. The van der Waals surface area contributed by atoms with Crippen LogP contribution in [-0.4, -0.2) is 77.8 Å². The predicted octanol–water partition coefficient (Wildman–Crippen LogP) is 6.65. The maximum atomic E-state index is 12.5. The molecule has 3 heterocycles. The minimum atomic E-state index is -0.542. The van der Waals surface area contributed by atoms with Crippen LogP contribution >= 0.6 is 11.3 Å². The summed E-state index contributed by atoms with van der Waals surface area (Å²) in [5.41, 5.74) is 4.70. The minimum absolute atomic E-state index is 0.0185. The van der Waals surface area contributed by atoms with E-state index in [1.165, 1.54) is 0 Å². The SMILES string of the molecule is CCOC(=O)C1CCN(CCNC(=O)C#Cc2csc(-c3ccc4c5cc(CN(C)C(=O)OC(C)(C)C)ccc5n(CC)c4c3)c2)CC1. The lowest BCUT2D eigenvalue weighted by Crippen LogP contribution is -2.41. The molecule has 1 aliphatic heterocycles. The average molecular weight is 671 g/mol. The molecular weight excluding hydrogens is 625 g/mol. The van der Waals surface area contributed by atoms with Crippen LogP contribution < -0.4 is 5.32 Å². The molecule has 0 atom stereocenters. The first-order valence-corrected chi connectivity index (χ1v) is 17.6. The van der Waals surface area contributed by atoms with Gasteiger partial charge in [-0.25, -0.2) is 4.79 Å². The van der Waals surface area contributed by atoms with Gasteiger partial charge in [0.2, 0.25) is 0 Å². The summed E-state index contributed by atoms with van der Waals surface area (Å²) in [6, 6.07) is 14.9. The number of ether oxygens (including phenoxy) is 2. The number of carbonyl (C=O) groups excluding carboxylic acids is 3. The number of thiophene rings is 1. The van der Waals surface area contributed by atoms with Gasteiger partial charge in [-0.1, -0.05) is 24.1 Å². The highest BCUT2D eigenvalue weighted by Crippen LogP contribution is 2.35. The normalized spacial score (nSPS) is 14.0. The molecule has 48 heavy (non-hydrogen) atoms. The Hall–Kier alpha value is -4.33. The molecule has 1 fully saturated rings. The van der Waals surface area contributed by atoms with Crippen LogP contribution in [0.2, 0.25) is 0 Å². The molecule has 1 aliphatic rings. The third kappa shape index (κ3) is 8.57. The van der Waals surface area contributed by atoms with Crippen molar-refractivity contribution in [3.05, 3.63) is 59.0 Å². The number of rotatable bonds is 9. The van der Waals surface area contributed by atoms with Gasteiger partial charge in [0.15, 0.2) is 0 Å². The summed E-state index contributed by atoms with van der Waals surface area (Å²) < 4.78 is 13.0. The number of hydrogen-bond donors (Lipinski definition) is 1. The van der Waals surface area contributed by atoms with Crippen LogP contribution in [0.15, 0.2) is 47.8 Å². The van der Waals surface area contributed by atoms with Crippen LogP contribution in [0.5, 0.6) is 0 Å². The molecule has 1 saturated heterocycles. The van der Waals surface area contributed by atoms with Gasteiger partial charge in [-0.2, -0.15) is 0 Å². The number of amides is 2. The molecule has 0 bridgehead atoms. The largest absolute Gasteiger partial charge is 0.466 e. The molecule has 2 aromatic heterocycles. The second kappa shape index (κ2) is 15.3. The van der Waals surface area contributed by atoms with Crippen molar-refractivity contribution in [2.45, 2.75) is 66.2 Å². The van der Waals surface area contributed by atoms with E-state index >= 15 is 0 Å². The Kier molecular flexibility index (Phi) is 11.1. The van der Waals surface area contributed by atoms with Gasteiger partial charge in [0.25, 0.3) is 5.91 Å². The van der Waals surface area contributed by atoms with E-state index in [-0.39, 0.29) is 23.9 Å². The van der Waals surface area contributed by atoms with Crippen LogP contribution in [0, 0.1) is 17.8 Å². The fourth-order valence-corrected chi connectivity index (χ4v) is 6.96. The van der Waals surface area contributed by atoms with Crippen molar-refractivity contribution >= 4 is 51.1 Å². The van der Waals surface area contributed by atoms with Gasteiger partial charge in [0, 0.05) is 76.8 Å². The number of fused-ring (bicyclic) bond motifs is 3. The summed E-state index contributed by atoms with van der Waals surface area (Å²) in [7, 11) is 1.76. The second-order valence-corrected chi connectivity index (χ2v) is 14.1. The van der Waals surface area contributed by atoms with Crippen LogP contribution in [0.1, 0.15) is 58.6 Å². The van der Waals surface area contributed by atoms with Crippen molar-refractivity contribution in [3.63, 3.8) is 0 Å². The first-order chi connectivity index (χ1) is 23.0. The lowest BCUT2D eigenvalue weighted by Gasteiger charge is -2.30. The molecule has 0 spiro atoms. The highest BCUT2D eigenvalue weighted by molar-refractivity contribution is 7.13. The average Bonchev–Trinajstić information content (AvgIpc) is 3.65. The van der Waals surface area contributed by atoms with E-state index < -0.39 is 5.60 Å². The summed E-state index contributed by atoms with van der Waals surface area (Å²) in [5, 5.41) is 7.19. The van der Waals surface area contributed by atoms with E-state index in [1.807, 2.05) is 39.1 Å². The van der Waals surface area contributed by atoms with Gasteiger partial charge in [-0.3, -0.25) is 9.59 Å². The molecule has 254 valence electrons. The highest BCUT2D eigenvalue weighted by atomic mass is 32.1. The van der Waals surface area contributed by atoms with Gasteiger partial charge in [0.05, 0.1) is 12.5 Å². The molecule has 2 aromatic carbocycles. The van der Waals surface area contributed by atoms with Crippen molar-refractivity contribution in [1.82, 2.24) is 19.7 Å². The number of hydrogen-bond acceptors (Lipinski definition) is 7. The number of aromatic nitrogens is 1. The van der Waals surface area contributed by atoms with Crippen molar-refractivity contribution in [2.24, 2.45) is 5.92 Å². The van der Waals surface area contributed by atoms with Crippen LogP contribution in [-0.2, 0) is 32.2 Å². The molecule has 10 heteroatoms. The van der Waals surface area contributed by atoms with Crippen LogP contribution in [0.4, 0.5) is 4.79 Å². The van der Waals surface area contributed by atoms with E-state index in [2.05, 4.69) is 69.9 Å². The van der Waals surface area contributed by atoms with E-state index in [1.54, 1.807) is 23.3 Å². The summed E-state index contributed by atoms with van der Waals surface area (Å²) in [4.78, 5) is 41.9. The number of esters is 1. The van der Waals surface area contributed by atoms with E-state index in [0.29, 0.717) is 19.7 Å². The number of aryl methyl sites for hydroxylation is 1. The highest BCUT2D eigenvalue weighted by Gasteiger charge is 2.25. The first-order valence-electron chi connectivity index (χ1n) is 16.7. The Morgan fingerprint density at radius 2 is 1.79 bits per heavy atom. The van der Waals surface area contributed by atoms with Gasteiger partial charge >= 0.3 is 12.1 Å². The lowest BCUT2D eigenvalue weighted by atomic mass is 9.97. The van der Waals surface area contributed by atoms with Crippen molar-refractivity contribution in [3.8, 4) is 22.3 Å². The number of nitrogens with one attached hydrogen (secondary N) is 1. The Morgan fingerprint density at radius 1 is 1.02 bits per heavy atom. The fraction of sp³-hybridized carbons (Fsp3) is 0.447. The quantitative estimate of drug-likeness (QED) is 0.158. The van der Waals surface area contributed by atoms with Gasteiger partial charge in [-0.15, -0.1) is 11.3 Å². The topological polar surface area (TPSA) is 93.1 Å². The van der Waals surface area contributed by atoms with Crippen molar-refractivity contribution < 1.29 is 23.9 Å². The van der Waals surface area contributed by atoms with Crippen molar-refractivity contribution in [2.75, 3.05) is 39.8 Å². The molecule has 2 amide bonds. The van der Waals surface area contributed by atoms with Crippen LogP contribution in [0.25, 0.3) is 32.2 Å². The van der Waals surface area contributed by atoms with Gasteiger partial charge < -0.3 is 29.2 Å². The Labute approximate surface area is 287 Å². The van der Waals surface area contributed by atoms with E-state index in [9.17, 15) is 14.4 Å². The second-order valence-electron chi connectivity index (χ2n) is 13.2. The molecule has 0 saturated carbocycles.